The number of nitrogens with two attached hydrogens (primary N) is 1. The van der Waals surface area contributed by atoms with E-state index in [2.05, 4.69) is 9.97 Å². The molecule has 1 aromatic rings. The van der Waals surface area contributed by atoms with Crippen LogP contribution >= 0.6 is 0 Å². The summed E-state index contributed by atoms with van der Waals surface area (Å²) >= 11 is 0. The number of nitrogen functional groups attached to an aromatic ring is 1. The Labute approximate surface area is 95.7 Å². The molecule has 0 unspecified atom stereocenters. The van der Waals surface area contributed by atoms with E-state index in [1.54, 1.807) is 6.92 Å². The molecule has 5 nitrogen and oxygen atoms in total. The third-order valence-corrected chi connectivity index (χ3v) is 2.14. The minimum Gasteiger partial charge on any atom is -0.475 e. The topological polar surface area (TPSA) is 81.3 Å². The highest BCUT2D eigenvalue weighted by molar-refractivity contribution is 5.45. The molecule has 0 saturated carbocycles. The Balaban J connectivity index is 3.12. The molecule has 0 saturated heterocycles. The number of hydrogen-bond donors (Lipinski definition) is 2. The SMILES string of the molecule is Cc1c(N)nc(C(C)(C)C)nc1OCCO. The van der Waals surface area contributed by atoms with Crippen LogP contribution in [0.4, 0.5) is 5.82 Å². The summed E-state index contributed by atoms with van der Waals surface area (Å²) in [6.07, 6.45) is 0. The van der Waals surface area contributed by atoms with Crippen molar-refractivity contribution in [2.75, 3.05) is 18.9 Å². The van der Waals surface area contributed by atoms with Gasteiger partial charge >= 0.3 is 0 Å². The van der Waals surface area contributed by atoms with Gasteiger partial charge in [-0.25, -0.2) is 4.98 Å². The second-order valence-electron chi connectivity index (χ2n) is 4.68. The Hall–Kier alpha value is -1.36. The Morgan fingerprint density at radius 3 is 2.44 bits per heavy atom. The predicted octanol–water partition coefficient (Wildman–Crippen LogP) is 1.04. The van der Waals surface area contributed by atoms with Crippen LogP contribution in [-0.4, -0.2) is 28.3 Å². The van der Waals surface area contributed by atoms with Crippen molar-refractivity contribution in [3.63, 3.8) is 0 Å². The number of ether oxygens (including phenoxy) is 1. The quantitative estimate of drug-likeness (QED) is 0.803. The fourth-order valence-corrected chi connectivity index (χ4v) is 1.13. The van der Waals surface area contributed by atoms with Crippen molar-refractivity contribution in [3.8, 4) is 5.88 Å². The standard InChI is InChI=1S/C11H19N3O2/c1-7-8(12)13-10(11(2,3)4)14-9(7)16-6-5-15/h15H,5-6H2,1-4H3,(H2,12,13,14). The van der Waals surface area contributed by atoms with Crippen molar-refractivity contribution >= 4 is 5.82 Å². The van der Waals surface area contributed by atoms with E-state index in [4.69, 9.17) is 15.6 Å². The molecule has 1 aromatic heterocycles. The van der Waals surface area contributed by atoms with Crippen molar-refractivity contribution in [1.82, 2.24) is 9.97 Å². The molecule has 0 radical (unpaired) electrons. The van der Waals surface area contributed by atoms with Crippen LogP contribution < -0.4 is 10.5 Å². The van der Waals surface area contributed by atoms with Gasteiger partial charge in [0, 0.05) is 5.41 Å². The lowest BCUT2D eigenvalue weighted by atomic mass is 9.95. The smallest absolute Gasteiger partial charge is 0.221 e. The second kappa shape index (κ2) is 4.65. The third-order valence-electron chi connectivity index (χ3n) is 2.14. The highest BCUT2D eigenvalue weighted by Gasteiger charge is 2.20. The van der Waals surface area contributed by atoms with E-state index in [0.717, 1.165) is 0 Å². The Bertz CT molecular complexity index is 372. The minimum atomic E-state index is -0.181. The van der Waals surface area contributed by atoms with E-state index in [0.29, 0.717) is 23.1 Å². The molecular weight excluding hydrogens is 206 g/mol. The van der Waals surface area contributed by atoms with Gasteiger partial charge in [0.25, 0.3) is 0 Å². The second-order valence-corrected chi connectivity index (χ2v) is 4.68. The zero-order valence-electron chi connectivity index (χ0n) is 10.2. The Morgan fingerprint density at radius 2 is 1.94 bits per heavy atom. The normalized spacial score (nSPS) is 11.6. The highest BCUT2D eigenvalue weighted by atomic mass is 16.5. The van der Waals surface area contributed by atoms with Gasteiger partial charge in [0.05, 0.1) is 12.2 Å². The summed E-state index contributed by atoms with van der Waals surface area (Å²) in [5, 5.41) is 8.72. The largest absolute Gasteiger partial charge is 0.475 e. The molecule has 1 heterocycles. The zero-order chi connectivity index (χ0) is 12.3. The highest BCUT2D eigenvalue weighted by Crippen LogP contribution is 2.25. The lowest BCUT2D eigenvalue weighted by Crippen LogP contribution is -2.19. The molecule has 0 aliphatic carbocycles. The summed E-state index contributed by atoms with van der Waals surface area (Å²) in [5.74, 6) is 1.52. The van der Waals surface area contributed by atoms with Crippen LogP contribution in [0.1, 0.15) is 32.2 Å². The maximum atomic E-state index is 8.72. The molecular formula is C11H19N3O2. The van der Waals surface area contributed by atoms with Gasteiger partial charge in [-0.3, -0.25) is 0 Å². The van der Waals surface area contributed by atoms with Gasteiger partial charge < -0.3 is 15.6 Å². The molecule has 0 amide bonds. The molecule has 0 fully saturated rings. The van der Waals surface area contributed by atoms with Crippen molar-refractivity contribution in [3.05, 3.63) is 11.4 Å². The summed E-state index contributed by atoms with van der Waals surface area (Å²) in [7, 11) is 0. The zero-order valence-corrected chi connectivity index (χ0v) is 10.2. The van der Waals surface area contributed by atoms with E-state index >= 15 is 0 Å². The summed E-state index contributed by atoms with van der Waals surface area (Å²) in [6.45, 7) is 7.98. The number of aliphatic hydroxyl groups excluding tert-OH is 1. The number of nitrogens with zero attached hydrogens (tertiary/aromatic N) is 2. The molecule has 0 atom stereocenters. The van der Waals surface area contributed by atoms with Gasteiger partial charge in [-0.1, -0.05) is 20.8 Å². The Morgan fingerprint density at radius 1 is 1.31 bits per heavy atom. The van der Waals surface area contributed by atoms with Crippen molar-refractivity contribution in [2.45, 2.75) is 33.1 Å². The van der Waals surface area contributed by atoms with Gasteiger partial charge in [-0.15, -0.1) is 0 Å². The van der Waals surface area contributed by atoms with Crippen LogP contribution in [0.2, 0.25) is 0 Å². The summed E-state index contributed by atoms with van der Waals surface area (Å²) < 4.78 is 5.32. The van der Waals surface area contributed by atoms with Crippen LogP contribution in [-0.2, 0) is 5.41 Å². The van der Waals surface area contributed by atoms with Gasteiger partial charge in [0.2, 0.25) is 5.88 Å². The fraction of sp³-hybridized carbons (Fsp3) is 0.636. The van der Waals surface area contributed by atoms with Crippen molar-refractivity contribution in [1.29, 1.82) is 0 Å². The van der Waals surface area contributed by atoms with E-state index in [9.17, 15) is 0 Å². The molecule has 0 aliphatic rings. The molecule has 0 aromatic carbocycles. The molecule has 0 aliphatic heterocycles. The van der Waals surface area contributed by atoms with Crippen molar-refractivity contribution in [2.24, 2.45) is 0 Å². The van der Waals surface area contributed by atoms with Crippen LogP contribution in [0.5, 0.6) is 5.88 Å². The number of rotatable bonds is 3. The number of anilines is 1. The van der Waals surface area contributed by atoms with Crippen molar-refractivity contribution < 1.29 is 9.84 Å². The summed E-state index contributed by atoms with van der Waals surface area (Å²) in [4.78, 5) is 8.55. The monoisotopic (exact) mass is 225 g/mol. The first kappa shape index (κ1) is 12.7. The predicted molar refractivity (Wildman–Crippen MR) is 62.5 cm³/mol. The first-order valence-corrected chi connectivity index (χ1v) is 5.24. The maximum Gasteiger partial charge on any atom is 0.221 e. The average molecular weight is 225 g/mol. The lowest BCUT2D eigenvalue weighted by molar-refractivity contribution is 0.195. The van der Waals surface area contributed by atoms with E-state index in [1.807, 2.05) is 20.8 Å². The summed E-state index contributed by atoms with van der Waals surface area (Å²) in [6, 6.07) is 0. The molecule has 5 heteroatoms. The van der Waals surface area contributed by atoms with Crippen LogP contribution in [0.3, 0.4) is 0 Å². The molecule has 3 N–H and O–H groups in total. The third kappa shape index (κ3) is 2.82. The van der Waals surface area contributed by atoms with Gasteiger partial charge in [0.15, 0.2) is 0 Å². The van der Waals surface area contributed by atoms with Crippen LogP contribution in [0.25, 0.3) is 0 Å². The van der Waals surface area contributed by atoms with Crippen LogP contribution in [0.15, 0.2) is 0 Å². The van der Waals surface area contributed by atoms with Gasteiger partial charge in [-0.05, 0) is 6.92 Å². The first-order valence-electron chi connectivity index (χ1n) is 5.24. The van der Waals surface area contributed by atoms with E-state index in [1.165, 1.54) is 0 Å². The Kier molecular flexibility index (Phi) is 3.70. The molecule has 0 bridgehead atoms. The fourth-order valence-electron chi connectivity index (χ4n) is 1.13. The average Bonchev–Trinajstić information content (AvgIpc) is 2.18. The van der Waals surface area contributed by atoms with Crippen LogP contribution in [0, 0.1) is 6.92 Å². The van der Waals surface area contributed by atoms with Gasteiger partial charge in [-0.2, -0.15) is 4.98 Å². The molecule has 90 valence electrons. The minimum absolute atomic E-state index is 0.0474. The number of aliphatic hydroxyl groups is 1. The lowest BCUT2D eigenvalue weighted by Gasteiger charge is -2.19. The number of hydrogen-bond acceptors (Lipinski definition) is 5. The molecule has 0 spiro atoms. The van der Waals surface area contributed by atoms with E-state index < -0.39 is 0 Å². The summed E-state index contributed by atoms with van der Waals surface area (Å²) in [5.41, 5.74) is 6.32. The van der Waals surface area contributed by atoms with Gasteiger partial charge in [0.1, 0.15) is 18.2 Å². The molecule has 16 heavy (non-hydrogen) atoms. The first-order chi connectivity index (χ1) is 7.36. The molecule has 1 rings (SSSR count). The maximum absolute atomic E-state index is 8.72. The van der Waals surface area contributed by atoms with E-state index in [-0.39, 0.29) is 18.6 Å². The number of aromatic nitrogens is 2.